The molecule has 0 fully saturated rings. The smallest absolute Gasteiger partial charge is 0.0726 e. The van der Waals surface area contributed by atoms with E-state index in [2.05, 4.69) is 4.98 Å². The fourth-order valence-corrected chi connectivity index (χ4v) is 1.97. The minimum Gasteiger partial charge on any atom is -0.398 e. The molecule has 3 heteroatoms. The number of pyridine rings is 1. The number of hydrogen-bond donors (Lipinski definition) is 2. The molecule has 1 atom stereocenters. The van der Waals surface area contributed by atoms with E-state index in [-0.39, 0.29) is 6.10 Å². The summed E-state index contributed by atoms with van der Waals surface area (Å²) in [6.07, 6.45) is 9.06. The number of aliphatic hydroxyl groups excluding tert-OH is 1. The predicted molar refractivity (Wildman–Crippen MR) is 61.1 cm³/mol. The number of hydrogen-bond acceptors (Lipinski definition) is 3. The molecule has 3 nitrogen and oxygen atoms in total. The molecular weight excluding hydrogens is 188 g/mol. The molecule has 1 aliphatic rings. The van der Waals surface area contributed by atoms with E-state index in [9.17, 15) is 5.11 Å². The maximum atomic E-state index is 9.67. The van der Waals surface area contributed by atoms with Crippen molar-refractivity contribution in [2.75, 3.05) is 5.73 Å². The lowest BCUT2D eigenvalue weighted by atomic mass is 10.0. The van der Waals surface area contributed by atoms with Crippen molar-refractivity contribution in [3.63, 3.8) is 0 Å². The van der Waals surface area contributed by atoms with Crippen LogP contribution in [0.15, 0.2) is 24.5 Å². The number of allylic oxidation sites excluding steroid dienone is 1. The molecule has 0 spiro atoms. The Bertz CT molecular complexity index is 374. The quantitative estimate of drug-likeness (QED) is 0.735. The Morgan fingerprint density at radius 3 is 3.07 bits per heavy atom. The molecule has 1 heterocycles. The Hall–Kier alpha value is -1.35. The number of anilines is 1. The lowest BCUT2D eigenvalue weighted by Crippen LogP contribution is -2.01. The highest BCUT2D eigenvalue weighted by Gasteiger charge is 2.12. The van der Waals surface area contributed by atoms with Crippen molar-refractivity contribution >= 4 is 11.3 Å². The van der Waals surface area contributed by atoms with Gasteiger partial charge in [0.25, 0.3) is 0 Å². The number of rotatable bonds is 1. The average Bonchev–Trinajstić information content (AvgIpc) is 2.43. The van der Waals surface area contributed by atoms with E-state index in [1.54, 1.807) is 18.5 Å². The summed E-state index contributed by atoms with van der Waals surface area (Å²) >= 11 is 0. The van der Waals surface area contributed by atoms with E-state index in [1.165, 1.54) is 0 Å². The number of aromatic nitrogens is 1. The lowest BCUT2D eigenvalue weighted by Gasteiger charge is -2.08. The highest BCUT2D eigenvalue weighted by molar-refractivity contribution is 5.74. The van der Waals surface area contributed by atoms with Crippen LogP contribution in [0.3, 0.4) is 0 Å². The van der Waals surface area contributed by atoms with Crippen molar-refractivity contribution in [1.82, 2.24) is 4.98 Å². The third-order valence-electron chi connectivity index (χ3n) is 2.79. The van der Waals surface area contributed by atoms with Crippen molar-refractivity contribution in [3.8, 4) is 0 Å². The third kappa shape index (κ3) is 2.36. The van der Waals surface area contributed by atoms with Crippen LogP contribution in [0.5, 0.6) is 0 Å². The molecule has 3 N–H and O–H groups in total. The van der Waals surface area contributed by atoms with Crippen LogP contribution in [0.2, 0.25) is 0 Å². The summed E-state index contributed by atoms with van der Waals surface area (Å²) in [6.45, 7) is 0. The van der Waals surface area contributed by atoms with Crippen LogP contribution in [0, 0.1) is 0 Å². The number of nitrogen functional groups attached to an aromatic ring is 1. The van der Waals surface area contributed by atoms with Crippen LogP contribution in [0.25, 0.3) is 5.57 Å². The SMILES string of the molecule is Nc1ccncc1C1=CC(O)CCCC1. The molecule has 0 amide bonds. The van der Waals surface area contributed by atoms with Gasteiger partial charge in [0.1, 0.15) is 0 Å². The number of aliphatic hydroxyl groups is 1. The van der Waals surface area contributed by atoms with Gasteiger partial charge in [0.05, 0.1) is 6.10 Å². The Morgan fingerprint density at radius 2 is 2.27 bits per heavy atom. The second-order valence-corrected chi connectivity index (χ2v) is 3.97. The molecule has 0 saturated carbocycles. The highest BCUT2D eigenvalue weighted by atomic mass is 16.3. The molecule has 80 valence electrons. The van der Waals surface area contributed by atoms with Gasteiger partial charge in [-0.15, -0.1) is 0 Å². The monoisotopic (exact) mass is 204 g/mol. The summed E-state index contributed by atoms with van der Waals surface area (Å²) < 4.78 is 0. The Labute approximate surface area is 89.6 Å². The Balaban J connectivity index is 2.33. The zero-order valence-corrected chi connectivity index (χ0v) is 8.69. The van der Waals surface area contributed by atoms with E-state index >= 15 is 0 Å². The van der Waals surface area contributed by atoms with Gasteiger partial charge in [0, 0.05) is 23.6 Å². The molecule has 15 heavy (non-hydrogen) atoms. The molecular formula is C12H16N2O. The first-order chi connectivity index (χ1) is 7.27. The molecule has 0 saturated heterocycles. The van der Waals surface area contributed by atoms with Gasteiger partial charge in [0.2, 0.25) is 0 Å². The van der Waals surface area contributed by atoms with Gasteiger partial charge in [0.15, 0.2) is 0 Å². The Kier molecular flexibility index (Phi) is 3.02. The summed E-state index contributed by atoms with van der Waals surface area (Å²) in [6, 6.07) is 1.80. The molecule has 0 aromatic carbocycles. The zero-order valence-electron chi connectivity index (χ0n) is 8.69. The number of nitrogens with two attached hydrogens (primary N) is 1. The maximum Gasteiger partial charge on any atom is 0.0726 e. The van der Waals surface area contributed by atoms with Crippen molar-refractivity contribution in [1.29, 1.82) is 0 Å². The van der Waals surface area contributed by atoms with Gasteiger partial charge in [-0.3, -0.25) is 4.98 Å². The lowest BCUT2D eigenvalue weighted by molar-refractivity contribution is 0.211. The molecule has 2 rings (SSSR count). The van der Waals surface area contributed by atoms with Crippen molar-refractivity contribution < 1.29 is 5.11 Å². The van der Waals surface area contributed by atoms with E-state index in [4.69, 9.17) is 5.73 Å². The fraction of sp³-hybridized carbons (Fsp3) is 0.417. The molecule has 1 unspecified atom stereocenters. The summed E-state index contributed by atoms with van der Waals surface area (Å²) in [4.78, 5) is 4.07. The fourth-order valence-electron chi connectivity index (χ4n) is 1.97. The highest BCUT2D eigenvalue weighted by Crippen LogP contribution is 2.28. The molecule has 1 aromatic rings. The van der Waals surface area contributed by atoms with Gasteiger partial charge in [-0.05, 0) is 30.9 Å². The number of nitrogens with zero attached hydrogens (tertiary/aromatic N) is 1. The second kappa shape index (κ2) is 4.45. The predicted octanol–water partition coefficient (Wildman–Crippen LogP) is 1.98. The summed E-state index contributed by atoms with van der Waals surface area (Å²) in [5, 5.41) is 9.67. The van der Waals surface area contributed by atoms with E-state index in [0.29, 0.717) is 0 Å². The summed E-state index contributed by atoms with van der Waals surface area (Å²) in [7, 11) is 0. The molecule has 1 aromatic heterocycles. The third-order valence-corrected chi connectivity index (χ3v) is 2.79. The molecule has 1 aliphatic carbocycles. The van der Waals surface area contributed by atoms with E-state index in [0.717, 1.165) is 42.5 Å². The Morgan fingerprint density at radius 1 is 1.40 bits per heavy atom. The van der Waals surface area contributed by atoms with Gasteiger partial charge < -0.3 is 10.8 Å². The van der Waals surface area contributed by atoms with Gasteiger partial charge >= 0.3 is 0 Å². The van der Waals surface area contributed by atoms with Gasteiger partial charge in [-0.2, -0.15) is 0 Å². The normalized spacial score (nSPS) is 21.9. The first-order valence-electron chi connectivity index (χ1n) is 5.36. The van der Waals surface area contributed by atoms with Crippen molar-refractivity contribution in [2.45, 2.75) is 31.8 Å². The van der Waals surface area contributed by atoms with Crippen LogP contribution in [-0.4, -0.2) is 16.2 Å². The van der Waals surface area contributed by atoms with Crippen LogP contribution in [0.4, 0.5) is 5.69 Å². The van der Waals surface area contributed by atoms with E-state index < -0.39 is 0 Å². The van der Waals surface area contributed by atoms with Gasteiger partial charge in [-0.25, -0.2) is 0 Å². The largest absolute Gasteiger partial charge is 0.398 e. The molecule has 0 bridgehead atoms. The first kappa shape index (κ1) is 10.2. The van der Waals surface area contributed by atoms with Crippen LogP contribution >= 0.6 is 0 Å². The topological polar surface area (TPSA) is 59.1 Å². The standard InChI is InChI=1S/C12H16N2O/c13-12-5-6-14-8-11(12)9-3-1-2-4-10(15)7-9/h5-8,10,15H,1-4H2,(H2,13,14). The summed E-state index contributed by atoms with van der Waals surface area (Å²) in [5.74, 6) is 0. The maximum absolute atomic E-state index is 9.67. The molecule has 0 radical (unpaired) electrons. The first-order valence-corrected chi connectivity index (χ1v) is 5.36. The average molecular weight is 204 g/mol. The van der Waals surface area contributed by atoms with Gasteiger partial charge in [-0.1, -0.05) is 12.5 Å². The minimum absolute atomic E-state index is 0.331. The van der Waals surface area contributed by atoms with Crippen LogP contribution < -0.4 is 5.73 Å². The second-order valence-electron chi connectivity index (χ2n) is 3.97. The van der Waals surface area contributed by atoms with Crippen LogP contribution in [-0.2, 0) is 0 Å². The van der Waals surface area contributed by atoms with Crippen molar-refractivity contribution in [2.24, 2.45) is 0 Å². The minimum atomic E-state index is -0.331. The zero-order chi connectivity index (χ0) is 10.7. The van der Waals surface area contributed by atoms with Crippen molar-refractivity contribution in [3.05, 3.63) is 30.1 Å². The van der Waals surface area contributed by atoms with E-state index in [1.807, 2.05) is 6.08 Å². The van der Waals surface area contributed by atoms with Crippen LogP contribution in [0.1, 0.15) is 31.2 Å². The molecule has 0 aliphatic heterocycles. The summed E-state index contributed by atoms with van der Waals surface area (Å²) in [5.41, 5.74) is 8.73.